The van der Waals surface area contributed by atoms with E-state index in [-0.39, 0.29) is 18.0 Å². The van der Waals surface area contributed by atoms with E-state index in [0.29, 0.717) is 6.54 Å². The van der Waals surface area contributed by atoms with E-state index in [1.54, 1.807) is 15.8 Å². The third-order valence-corrected chi connectivity index (χ3v) is 5.08. The molecular weight excluding hydrogens is 342 g/mol. The summed E-state index contributed by atoms with van der Waals surface area (Å²) in [6, 6.07) is 8.08. The second-order valence-corrected chi connectivity index (χ2v) is 7.25. The molecule has 142 valence electrons. The Morgan fingerprint density at radius 3 is 2.93 bits per heavy atom. The van der Waals surface area contributed by atoms with Gasteiger partial charge in [-0.2, -0.15) is 5.10 Å². The van der Waals surface area contributed by atoms with Crippen LogP contribution in [0.5, 0.6) is 0 Å². The first-order valence-electron chi connectivity index (χ1n) is 9.16. The number of aromatic nitrogens is 4. The maximum absolute atomic E-state index is 12.8. The van der Waals surface area contributed by atoms with E-state index >= 15 is 0 Å². The number of rotatable bonds is 5. The molecule has 1 fully saturated rings. The summed E-state index contributed by atoms with van der Waals surface area (Å²) in [5, 5.41) is 4.16. The van der Waals surface area contributed by atoms with Crippen LogP contribution in [0.4, 0.5) is 0 Å². The zero-order valence-corrected chi connectivity index (χ0v) is 15.9. The molecule has 2 N–H and O–H groups in total. The monoisotopic (exact) mass is 367 g/mol. The standard InChI is InChI=1S/C19H25N7O/c1-13-21-16-6-4-5-7-18(16)26(13)12-15-8-17(23-22-15)19(27)24(2)10-14-9-20-25(3)11-14/h4-7,9,11,15,17,22-23H,8,10,12H2,1-3H3. The van der Waals surface area contributed by atoms with Crippen molar-refractivity contribution in [2.45, 2.75) is 38.5 Å². The Morgan fingerprint density at radius 2 is 2.15 bits per heavy atom. The quantitative estimate of drug-likeness (QED) is 0.703. The topological polar surface area (TPSA) is 80.0 Å². The van der Waals surface area contributed by atoms with Crippen LogP contribution < -0.4 is 10.9 Å². The molecule has 8 nitrogen and oxygen atoms in total. The number of aryl methyl sites for hydroxylation is 2. The van der Waals surface area contributed by atoms with E-state index in [9.17, 15) is 4.79 Å². The molecule has 3 aromatic rings. The summed E-state index contributed by atoms with van der Waals surface area (Å²) >= 11 is 0. The van der Waals surface area contributed by atoms with E-state index < -0.39 is 0 Å². The van der Waals surface area contributed by atoms with Gasteiger partial charge < -0.3 is 9.47 Å². The van der Waals surface area contributed by atoms with Crippen molar-refractivity contribution >= 4 is 16.9 Å². The first-order valence-corrected chi connectivity index (χ1v) is 9.16. The van der Waals surface area contributed by atoms with Crippen molar-refractivity contribution in [3.63, 3.8) is 0 Å². The minimum absolute atomic E-state index is 0.0843. The summed E-state index contributed by atoms with van der Waals surface area (Å²) in [6.07, 6.45) is 4.46. The largest absolute Gasteiger partial charge is 0.340 e. The fourth-order valence-electron chi connectivity index (χ4n) is 3.72. The molecule has 1 amide bonds. The third-order valence-electron chi connectivity index (χ3n) is 5.08. The molecular formula is C19H25N7O. The lowest BCUT2D eigenvalue weighted by Crippen LogP contribution is -2.44. The van der Waals surface area contributed by atoms with Crippen molar-refractivity contribution in [2.75, 3.05) is 7.05 Å². The first kappa shape index (κ1) is 17.7. The molecule has 2 unspecified atom stereocenters. The molecule has 4 rings (SSSR count). The summed E-state index contributed by atoms with van der Waals surface area (Å²) in [4.78, 5) is 19.1. The van der Waals surface area contributed by atoms with Gasteiger partial charge in [-0.1, -0.05) is 12.1 Å². The van der Waals surface area contributed by atoms with Gasteiger partial charge in [-0.25, -0.2) is 10.4 Å². The Labute approximate surface area is 158 Å². The molecule has 0 spiro atoms. The number of fused-ring (bicyclic) bond motifs is 1. The third kappa shape index (κ3) is 3.58. The molecule has 1 saturated heterocycles. The predicted molar refractivity (Wildman–Crippen MR) is 103 cm³/mol. The van der Waals surface area contributed by atoms with E-state index in [2.05, 4.69) is 31.6 Å². The predicted octanol–water partition coefficient (Wildman–Crippen LogP) is 0.972. The minimum atomic E-state index is -0.230. The SMILES string of the molecule is Cc1nc2ccccc2n1CC1CC(C(=O)N(C)Cc2cnn(C)c2)NN1. The fourth-order valence-corrected chi connectivity index (χ4v) is 3.72. The van der Waals surface area contributed by atoms with Crippen LogP contribution in [0.2, 0.25) is 0 Å². The molecule has 27 heavy (non-hydrogen) atoms. The molecule has 0 bridgehead atoms. The van der Waals surface area contributed by atoms with Crippen LogP contribution in [0.15, 0.2) is 36.7 Å². The highest BCUT2D eigenvalue weighted by Crippen LogP contribution is 2.18. The molecule has 1 aliphatic rings. The summed E-state index contributed by atoms with van der Waals surface area (Å²) in [5.74, 6) is 1.07. The molecule has 1 aromatic carbocycles. The molecule has 3 heterocycles. The van der Waals surface area contributed by atoms with Crippen LogP contribution in [0.25, 0.3) is 11.0 Å². The number of nitrogens with one attached hydrogen (secondary N) is 2. The number of para-hydroxylation sites is 2. The summed E-state index contributed by atoms with van der Waals surface area (Å²) in [7, 11) is 3.71. The van der Waals surface area contributed by atoms with Gasteiger partial charge in [-0.15, -0.1) is 0 Å². The number of imidazole rings is 1. The van der Waals surface area contributed by atoms with Gasteiger partial charge in [0.15, 0.2) is 0 Å². The highest BCUT2D eigenvalue weighted by Gasteiger charge is 2.31. The summed E-state index contributed by atoms with van der Waals surface area (Å²) in [5.41, 5.74) is 9.59. The molecule has 0 aliphatic carbocycles. The Bertz CT molecular complexity index is 960. The number of hydrogen-bond acceptors (Lipinski definition) is 5. The molecule has 1 aliphatic heterocycles. The number of amides is 1. The van der Waals surface area contributed by atoms with Crippen molar-refractivity contribution in [1.82, 2.24) is 35.1 Å². The minimum Gasteiger partial charge on any atom is -0.340 e. The van der Waals surface area contributed by atoms with Gasteiger partial charge in [-0.3, -0.25) is 14.9 Å². The van der Waals surface area contributed by atoms with E-state index in [1.165, 1.54) is 0 Å². The lowest BCUT2D eigenvalue weighted by molar-refractivity contribution is -0.132. The highest BCUT2D eigenvalue weighted by atomic mass is 16.2. The second-order valence-electron chi connectivity index (χ2n) is 7.25. The summed E-state index contributed by atoms with van der Waals surface area (Å²) in [6.45, 7) is 3.35. The molecule has 0 radical (unpaired) electrons. The Kier molecular flexibility index (Phi) is 4.67. The maximum Gasteiger partial charge on any atom is 0.241 e. The van der Waals surface area contributed by atoms with Crippen LogP contribution >= 0.6 is 0 Å². The average molecular weight is 367 g/mol. The van der Waals surface area contributed by atoms with E-state index in [1.807, 2.05) is 45.4 Å². The lowest BCUT2D eigenvalue weighted by Gasteiger charge is -2.20. The normalized spacial score (nSPS) is 19.7. The number of carbonyl (C=O) groups is 1. The lowest BCUT2D eigenvalue weighted by atomic mass is 10.1. The average Bonchev–Trinajstić information content (AvgIpc) is 3.35. The maximum atomic E-state index is 12.8. The van der Waals surface area contributed by atoms with E-state index in [0.717, 1.165) is 35.4 Å². The van der Waals surface area contributed by atoms with Gasteiger partial charge in [0.25, 0.3) is 0 Å². The van der Waals surface area contributed by atoms with Crippen LogP contribution in [-0.2, 0) is 24.9 Å². The van der Waals surface area contributed by atoms with Crippen molar-refractivity contribution in [1.29, 1.82) is 0 Å². The second kappa shape index (κ2) is 7.13. The first-order chi connectivity index (χ1) is 13.0. The number of carbonyl (C=O) groups excluding carboxylic acids is 1. The van der Waals surface area contributed by atoms with Crippen LogP contribution in [0.3, 0.4) is 0 Å². The van der Waals surface area contributed by atoms with Crippen LogP contribution in [0, 0.1) is 6.92 Å². The molecule has 8 heteroatoms. The molecule has 2 atom stereocenters. The zero-order valence-electron chi connectivity index (χ0n) is 15.9. The Hall–Kier alpha value is -2.71. The zero-order chi connectivity index (χ0) is 19.0. The van der Waals surface area contributed by atoms with Gasteiger partial charge in [0.05, 0.1) is 17.2 Å². The van der Waals surface area contributed by atoms with Gasteiger partial charge in [0, 0.05) is 45.0 Å². The number of likely N-dealkylation sites (N-methyl/N-ethyl adjacent to an activating group) is 1. The van der Waals surface area contributed by atoms with Crippen LogP contribution in [0.1, 0.15) is 17.8 Å². The van der Waals surface area contributed by atoms with Crippen molar-refractivity contribution in [3.8, 4) is 0 Å². The van der Waals surface area contributed by atoms with Crippen molar-refractivity contribution in [2.24, 2.45) is 7.05 Å². The number of hydrogen-bond donors (Lipinski definition) is 2. The van der Waals surface area contributed by atoms with Gasteiger partial charge in [0.1, 0.15) is 11.9 Å². The molecule has 2 aromatic heterocycles. The van der Waals surface area contributed by atoms with Crippen molar-refractivity contribution < 1.29 is 4.79 Å². The fraction of sp³-hybridized carbons (Fsp3) is 0.421. The smallest absolute Gasteiger partial charge is 0.241 e. The van der Waals surface area contributed by atoms with Gasteiger partial charge in [-0.05, 0) is 25.5 Å². The molecule has 0 saturated carbocycles. The van der Waals surface area contributed by atoms with Gasteiger partial charge >= 0.3 is 0 Å². The van der Waals surface area contributed by atoms with Crippen molar-refractivity contribution in [3.05, 3.63) is 48.0 Å². The number of hydrazine groups is 1. The Balaban J connectivity index is 1.39. The number of nitrogens with zero attached hydrogens (tertiary/aromatic N) is 5. The number of benzene rings is 1. The van der Waals surface area contributed by atoms with E-state index in [4.69, 9.17) is 0 Å². The highest BCUT2D eigenvalue weighted by molar-refractivity contribution is 5.82. The summed E-state index contributed by atoms with van der Waals surface area (Å²) < 4.78 is 3.96. The Morgan fingerprint density at radius 1 is 1.33 bits per heavy atom. The van der Waals surface area contributed by atoms with Gasteiger partial charge in [0.2, 0.25) is 5.91 Å². The van der Waals surface area contributed by atoms with Crippen LogP contribution in [-0.4, -0.2) is 49.3 Å².